The number of nitrogens with one attached hydrogen (secondary N) is 1. The van der Waals surface area contributed by atoms with E-state index in [0.29, 0.717) is 10.9 Å². The van der Waals surface area contributed by atoms with E-state index in [9.17, 15) is 4.79 Å². The van der Waals surface area contributed by atoms with Gasteiger partial charge in [-0.05, 0) is 33.3 Å². The van der Waals surface area contributed by atoms with Gasteiger partial charge < -0.3 is 11.1 Å². The monoisotopic (exact) mass is 268 g/mol. The predicted molar refractivity (Wildman–Crippen MR) is 73.4 cm³/mol. The normalized spacial score (nSPS) is 14.5. The molecule has 0 aliphatic heterocycles. The number of thioether (sulfide) groups is 1. The smallest absolute Gasteiger partial charge is 0.238 e. The van der Waals surface area contributed by atoms with Crippen LogP contribution in [-0.2, 0) is 4.79 Å². The van der Waals surface area contributed by atoms with Gasteiger partial charge in [0.1, 0.15) is 5.54 Å². The fourth-order valence-corrected chi connectivity index (χ4v) is 2.38. The second-order valence-electron chi connectivity index (χ2n) is 4.83. The Morgan fingerprint density at radius 3 is 2.50 bits per heavy atom. The highest BCUT2D eigenvalue weighted by Gasteiger charge is 2.31. The average Bonchev–Trinajstić information content (AvgIpc) is 2.27. The SMILES string of the molecule is Cc1cnc(SCC(C)(NC(C)C)C(N)=O)nc1. The molecule has 1 atom stereocenters. The van der Waals surface area contributed by atoms with E-state index in [2.05, 4.69) is 15.3 Å². The molecule has 1 amide bonds. The Morgan fingerprint density at radius 2 is 2.06 bits per heavy atom. The summed E-state index contributed by atoms with van der Waals surface area (Å²) < 4.78 is 0. The van der Waals surface area contributed by atoms with Crippen LogP contribution >= 0.6 is 11.8 Å². The first-order valence-electron chi connectivity index (χ1n) is 5.82. The summed E-state index contributed by atoms with van der Waals surface area (Å²) in [6.45, 7) is 7.70. The van der Waals surface area contributed by atoms with Crippen molar-refractivity contribution in [1.82, 2.24) is 15.3 Å². The zero-order valence-electron chi connectivity index (χ0n) is 11.2. The molecule has 1 aromatic rings. The Morgan fingerprint density at radius 1 is 1.50 bits per heavy atom. The molecule has 5 nitrogen and oxygen atoms in total. The zero-order valence-corrected chi connectivity index (χ0v) is 12.0. The highest BCUT2D eigenvalue weighted by molar-refractivity contribution is 7.99. The fourth-order valence-electron chi connectivity index (χ4n) is 1.49. The standard InChI is InChI=1S/C12H20N4OS/c1-8(2)16-12(4,10(13)17)7-18-11-14-5-9(3)6-15-11/h5-6,8,16H,7H2,1-4H3,(H2,13,17). The third-order valence-electron chi connectivity index (χ3n) is 2.40. The minimum absolute atomic E-state index is 0.182. The van der Waals surface area contributed by atoms with Gasteiger partial charge in [0.2, 0.25) is 5.91 Å². The van der Waals surface area contributed by atoms with Gasteiger partial charge in [-0.15, -0.1) is 0 Å². The van der Waals surface area contributed by atoms with Crippen molar-refractivity contribution in [3.05, 3.63) is 18.0 Å². The van der Waals surface area contributed by atoms with E-state index < -0.39 is 5.54 Å². The van der Waals surface area contributed by atoms with Crippen molar-refractivity contribution in [3.63, 3.8) is 0 Å². The largest absolute Gasteiger partial charge is 0.368 e. The number of aromatic nitrogens is 2. The Labute approximate surface area is 112 Å². The van der Waals surface area contributed by atoms with Gasteiger partial charge >= 0.3 is 0 Å². The number of carbonyl (C=O) groups is 1. The summed E-state index contributed by atoms with van der Waals surface area (Å²) in [7, 11) is 0. The molecule has 1 heterocycles. The molecule has 6 heteroatoms. The third-order valence-corrected chi connectivity index (χ3v) is 3.59. The maximum Gasteiger partial charge on any atom is 0.238 e. The number of hydrogen-bond acceptors (Lipinski definition) is 5. The molecule has 1 aromatic heterocycles. The van der Waals surface area contributed by atoms with Crippen LogP contribution < -0.4 is 11.1 Å². The molecule has 0 aliphatic rings. The zero-order chi connectivity index (χ0) is 13.8. The first-order chi connectivity index (χ1) is 8.33. The summed E-state index contributed by atoms with van der Waals surface area (Å²) in [5.74, 6) is 0.139. The van der Waals surface area contributed by atoms with Gasteiger partial charge in [0.15, 0.2) is 5.16 Å². The van der Waals surface area contributed by atoms with E-state index in [4.69, 9.17) is 5.73 Å². The highest BCUT2D eigenvalue weighted by Crippen LogP contribution is 2.19. The Hall–Kier alpha value is -1.14. The van der Waals surface area contributed by atoms with Crippen molar-refractivity contribution >= 4 is 17.7 Å². The first kappa shape index (κ1) is 14.9. The minimum atomic E-state index is -0.757. The number of rotatable bonds is 6. The van der Waals surface area contributed by atoms with E-state index in [-0.39, 0.29) is 11.9 Å². The average molecular weight is 268 g/mol. The molecule has 0 fully saturated rings. The number of carbonyl (C=O) groups excluding carboxylic acids is 1. The summed E-state index contributed by atoms with van der Waals surface area (Å²) in [6.07, 6.45) is 3.51. The number of hydrogen-bond donors (Lipinski definition) is 2. The molecule has 1 rings (SSSR count). The van der Waals surface area contributed by atoms with Gasteiger partial charge in [0, 0.05) is 24.2 Å². The van der Waals surface area contributed by atoms with E-state index in [1.807, 2.05) is 20.8 Å². The Bertz CT molecular complexity index is 407. The van der Waals surface area contributed by atoms with Gasteiger partial charge in [-0.3, -0.25) is 4.79 Å². The van der Waals surface area contributed by atoms with Crippen LogP contribution in [0.15, 0.2) is 17.6 Å². The number of amides is 1. The van der Waals surface area contributed by atoms with E-state index in [1.165, 1.54) is 11.8 Å². The molecule has 0 saturated heterocycles. The predicted octanol–water partition coefficient (Wildman–Crippen LogP) is 1.12. The van der Waals surface area contributed by atoms with Gasteiger partial charge in [-0.2, -0.15) is 0 Å². The van der Waals surface area contributed by atoms with Crippen molar-refractivity contribution in [2.75, 3.05) is 5.75 Å². The van der Waals surface area contributed by atoms with Crippen LogP contribution in [0.4, 0.5) is 0 Å². The lowest BCUT2D eigenvalue weighted by atomic mass is 10.0. The van der Waals surface area contributed by atoms with Crippen LogP contribution in [0.25, 0.3) is 0 Å². The molecule has 0 radical (unpaired) electrons. The summed E-state index contributed by atoms with van der Waals surface area (Å²) in [4.78, 5) is 19.9. The number of primary amides is 1. The molecular weight excluding hydrogens is 248 g/mol. The molecule has 0 aliphatic carbocycles. The Balaban J connectivity index is 2.68. The van der Waals surface area contributed by atoms with Crippen LogP contribution in [-0.4, -0.2) is 33.2 Å². The Kier molecular flexibility index (Phi) is 5.10. The van der Waals surface area contributed by atoms with Crippen LogP contribution in [0.1, 0.15) is 26.3 Å². The van der Waals surface area contributed by atoms with Crippen molar-refractivity contribution in [2.24, 2.45) is 5.73 Å². The number of nitrogens with two attached hydrogens (primary N) is 1. The topological polar surface area (TPSA) is 80.9 Å². The molecule has 0 bridgehead atoms. The van der Waals surface area contributed by atoms with Crippen molar-refractivity contribution < 1.29 is 4.79 Å². The van der Waals surface area contributed by atoms with Gasteiger partial charge in [-0.25, -0.2) is 9.97 Å². The van der Waals surface area contributed by atoms with E-state index in [0.717, 1.165) is 5.56 Å². The second-order valence-corrected chi connectivity index (χ2v) is 5.77. The summed E-state index contributed by atoms with van der Waals surface area (Å²) in [5, 5.41) is 3.84. The van der Waals surface area contributed by atoms with Gasteiger partial charge in [0.05, 0.1) is 0 Å². The van der Waals surface area contributed by atoms with Crippen LogP contribution in [0.3, 0.4) is 0 Å². The lowest BCUT2D eigenvalue weighted by molar-refractivity contribution is -0.123. The van der Waals surface area contributed by atoms with E-state index >= 15 is 0 Å². The molecule has 3 N–H and O–H groups in total. The quantitative estimate of drug-likeness (QED) is 0.597. The van der Waals surface area contributed by atoms with Crippen molar-refractivity contribution in [1.29, 1.82) is 0 Å². The van der Waals surface area contributed by atoms with E-state index in [1.54, 1.807) is 19.3 Å². The third kappa shape index (κ3) is 4.27. The number of aryl methyl sites for hydroxylation is 1. The second kappa shape index (κ2) is 6.15. The van der Waals surface area contributed by atoms with Crippen molar-refractivity contribution in [3.8, 4) is 0 Å². The molecule has 1 unspecified atom stereocenters. The van der Waals surface area contributed by atoms with Crippen molar-refractivity contribution in [2.45, 2.75) is 44.4 Å². The van der Waals surface area contributed by atoms with Crippen LogP contribution in [0, 0.1) is 6.92 Å². The van der Waals surface area contributed by atoms with Crippen LogP contribution in [0.5, 0.6) is 0 Å². The summed E-state index contributed by atoms with van der Waals surface area (Å²) in [6, 6.07) is 0.182. The maximum atomic E-state index is 11.5. The lowest BCUT2D eigenvalue weighted by Gasteiger charge is -2.29. The first-order valence-corrected chi connectivity index (χ1v) is 6.81. The molecule has 0 saturated carbocycles. The molecular formula is C12H20N4OS. The molecule has 18 heavy (non-hydrogen) atoms. The lowest BCUT2D eigenvalue weighted by Crippen LogP contribution is -2.57. The highest BCUT2D eigenvalue weighted by atomic mass is 32.2. The molecule has 0 aromatic carbocycles. The van der Waals surface area contributed by atoms with Gasteiger partial charge in [-0.1, -0.05) is 11.8 Å². The number of nitrogens with zero attached hydrogens (tertiary/aromatic N) is 2. The maximum absolute atomic E-state index is 11.5. The summed E-state index contributed by atoms with van der Waals surface area (Å²) in [5.41, 5.74) is 5.71. The molecule has 0 spiro atoms. The summed E-state index contributed by atoms with van der Waals surface area (Å²) >= 11 is 1.42. The molecule has 100 valence electrons. The van der Waals surface area contributed by atoms with Gasteiger partial charge in [0.25, 0.3) is 0 Å². The van der Waals surface area contributed by atoms with Crippen LogP contribution in [0.2, 0.25) is 0 Å². The minimum Gasteiger partial charge on any atom is -0.368 e. The fraction of sp³-hybridized carbons (Fsp3) is 0.583.